The first-order valence-electron chi connectivity index (χ1n) is 4.63. The number of aryl methyl sites for hydroxylation is 1. The van der Waals surface area contributed by atoms with E-state index in [0.717, 1.165) is 10.2 Å². The topological polar surface area (TPSA) is 50.3 Å². The highest BCUT2D eigenvalue weighted by Crippen LogP contribution is 2.31. The van der Waals surface area contributed by atoms with Gasteiger partial charge in [0.1, 0.15) is 0 Å². The first-order chi connectivity index (χ1) is 7.49. The third-order valence-electron chi connectivity index (χ3n) is 2.36. The van der Waals surface area contributed by atoms with E-state index in [4.69, 9.17) is 11.6 Å². The summed E-state index contributed by atoms with van der Waals surface area (Å²) in [7, 11) is 0. The predicted octanol–water partition coefficient (Wildman–Crippen LogP) is 2.11. The second-order valence-electron chi connectivity index (χ2n) is 3.56. The molecule has 1 fully saturated rings. The number of carbonyl (C=O) groups excluding carboxylic acids is 2. The van der Waals surface area contributed by atoms with Crippen molar-refractivity contribution in [1.29, 1.82) is 0 Å². The summed E-state index contributed by atoms with van der Waals surface area (Å²) in [6.45, 7) is 1.88. The molecule has 0 saturated carbocycles. The van der Waals surface area contributed by atoms with Gasteiger partial charge in [-0.25, -0.2) is 4.98 Å². The summed E-state index contributed by atoms with van der Waals surface area (Å²) in [5.41, 5.74) is 1.22. The standard InChI is InChI=1S/C10H8BrClN2O2/c1-5-7(11)3-8(10(12)13-5)14-4-6(15)2-9(14)16/h3H,2,4H2,1H3. The van der Waals surface area contributed by atoms with E-state index in [1.165, 1.54) is 4.90 Å². The molecule has 16 heavy (non-hydrogen) atoms. The van der Waals surface area contributed by atoms with Crippen LogP contribution in [0.3, 0.4) is 0 Å². The van der Waals surface area contributed by atoms with Gasteiger partial charge < -0.3 is 4.90 Å². The molecule has 0 spiro atoms. The number of carbonyl (C=O) groups is 2. The highest BCUT2D eigenvalue weighted by molar-refractivity contribution is 9.10. The van der Waals surface area contributed by atoms with Gasteiger partial charge in [-0.1, -0.05) is 11.6 Å². The molecule has 0 aromatic carbocycles. The summed E-state index contributed by atoms with van der Waals surface area (Å²) in [5.74, 6) is -0.331. The van der Waals surface area contributed by atoms with E-state index in [1.807, 2.05) is 0 Å². The lowest BCUT2D eigenvalue weighted by atomic mass is 10.3. The number of ketones is 1. The summed E-state index contributed by atoms with van der Waals surface area (Å²) in [5, 5.41) is 0.240. The first kappa shape index (κ1) is 11.5. The average molecular weight is 304 g/mol. The third-order valence-corrected chi connectivity index (χ3v) is 3.44. The fourth-order valence-electron chi connectivity index (χ4n) is 1.54. The molecule has 0 unspecified atom stereocenters. The molecule has 84 valence electrons. The van der Waals surface area contributed by atoms with Crippen molar-refractivity contribution in [3.63, 3.8) is 0 Å². The number of rotatable bonds is 1. The second-order valence-corrected chi connectivity index (χ2v) is 4.77. The predicted molar refractivity (Wildman–Crippen MR) is 63.7 cm³/mol. The molecule has 0 bridgehead atoms. The van der Waals surface area contributed by atoms with Gasteiger partial charge in [0.25, 0.3) is 0 Å². The Balaban J connectivity index is 2.45. The molecule has 1 aromatic heterocycles. The van der Waals surface area contributed by atoms with Crippen LogP contribution in [0.2, 0.25) is 5.15 Å². The number of nitrogens with zero attached hydrogens (tertiary/aromatic N) is 2. The van der Waals surface area contributed by atoms with Gasteiger partial charge in [0.15, 0.2) is 10.9 Å². The number of hydrogen-bond donors (Lipinski definition) is 0. The van der Waals surface area contributed by atoms with Gasteiger partial charge in [0.2, 0.25) is 5.91 Å². The Morgan fingerprint density at radius 3 is 2.75 bits per heavy atom. The van der Waals surface area contributed by atoms with Gasteiger partial charge in [0, 0.05) is 4.47 Å². The summed E-state index contributed by atoms with van der Waals surface area (Å²) in [6, 6.07) is 1.71. The Morgan fingerprint density at radius 2 is 2.19 bits per heavy atom. The molecule has 1 amide bonds. The van der Waals surface area contributed by atoms with Crippen molar-refractivity contribution in [3.8, 4) is 0 Å². The Morgan fingerprint density at radius 1 is 1.50 bits per heavy atom. The maximum Gasteiger partial charge on any atom is 0.235 e. The number of aromatic nitrogens is 1. The Bertz CT molecular complexity index is 490. The number of hydrogen-bond acceptors (Lipinski definition) is 3. The van der Waals surface area contributed by atoms with E-state index in [-0.39, 0.29) is 29.8 Å². The SMILES string of the molecule is Cc1nc(Cl)c(N2CC(=O)CC2=O)cc1Br. The van der Waals surface area contributed by atoms with Gasteiger partial charge in [-0.05, 0) is 28.9 Å². The quantitative estimate of drug-likeness (QED) is 0.590. The van der Waals surface area contributed by atoms with Gasteiger partial charge >= 0.3 is 0 Å². The summed E-state index contributed by atoms with van der Waals surface area (Å²) < 4.78 is 0.763. The molecule has 1 saturated heterocycles. The first-order valence-corrected chi connectivity index (χ1v) is 5.81. The Labute approximate surface area is 106 Å². The molecular formula is C10H8BrClN2O2. The Kier molecular flexibility index (Phi) is 2.99. The molecule has 0 N–H and O–H groups in total. The lowest BCUT2D eigenvalue weighted by Gasteiger charge is -2.16. The number of anilines is 1. The van der Waals surface area contributed by atoms with Crippen molar-refractivity contribution in [2.75, 3.05) is 11.4 Å². The molecule has 2 heterocycles. The third kappa shape index (κ3) is 1.97. The zero-order chi connectivity index (χ0) is 11.9. The van der Waals surface area contributed by atoms with Gasteiger partial charge in [-0.2, -0.15) is 0 Å². The van der Waals surface area contributed by atoms with Crippen LogP contribution in [-0.4, -0.2) is 23.2 Å². The van der Waals surface area contributed by atoms with E-state index < -0.39 is 0 Å². The largest absolute Gasteiger partial charge is 0.302 e. The van der Waals surface area contributed by atoms with Crippen LogP contribution in [0.1, 0.15) is 12.1 Å². The van der Waals surface area contributed by atoms with Gasteiger partial charge in [-0.3, -0.25) is 9.59 Å². The molecule has 6 heteroatoms. The average Bonchev–Trinajstić information content (AvgIpc) is 2.51. The minimum Gasteiger partial charge on any atom is -0.302 e. The van der Waals surface area contributed by atoms with Crippen molar-refractivity contribution in [2.45, 2.75) is 13.3 Å². The molecular weight excluding hydrogens is 295 g/mol. The van der Waals surface area contributed by atoms with Crippen LogP contribution in [0.4, 0.5) is 5.69 Å². The minimum absolute atomic E-state index is 0.0537. The number of halogens is 2. The highest BCUT2D eigenvalue weighted by Gasteiger charge is 2.30. The highest BCUT2D eigenvalue weighted by atomic mass is 79.9. The molecule has 0 atom stereocenters. The molecule has 4 nitrogen and oxygen atoms in total. The normalized spacial score (nSPS) is 16.1. The number of pyridine rings is 1. The van der Waals surface area contributed by atoms with E-state index in [9.17, 15) is 9.59 Å². The maximum absolute atomic E-state index is 11.5. The van der Waals surface area contributed by atoms with Crippen LogP contribution in [0, 0.1) is 6.92 Å². The molecule has 2 rings (SSSR count). The van der Waals surface area contributed by atoms with Crippen LogP contribution < -0.4 is 4.90 Å². The van der Waals surface area contributed by atoms with Gasteiger partial charge in [-0.15, -0.1) is 0 Å². The number of amides is 1. The molecule has 1 aliphatic heterocycles. The molecule has 0 radical (unpaired) electrons. The van der Waals surface area contributed by atoms with E-state index in [1.54, 1.807) is 13.0 Å². The smallest absolute Gasteiger partial charge is 0.235 e. The molecule has 1 aromatic rings. The van der Waals surface area contributed by atoms with Crippen LogP contribution in [0.15, 0.2) is 10.5 Å². The number of Topliss-reactive ketones (excluding diaryl/α,β-unsaturated/α-hetero) is 1. The summed E-state index contributed by atoms with van der Waals surface area (Å²) in [4.78, 5) is 28.2. The maximum atomic E-state index is 11.5. The van der Waals surface area contributed by atoms with Crippen molar-refractivity contribution in [3.05, 3.63) is 21.4 Å². The van der Waals surface area contributed by atoms with Gasteiger partial charge in [0.05, 0.1) is 24.3 Å². The zero-order valence-electron chi connectivity index (χ0n) is 8.46. The molecule has 0 aliphatic carbocycles. The fraction of sp³-hybridized carbons (Fsp3) is 0.300. The zero-order valence-corrected chi connectivity index (χ0v) is 10.8. The lowest BCUT2D eigenvalue weighted by molar-refractivity contribution is -0.121. The summed E-state index contributed by atoms with van der Waals surface area (Å²) in [6.07, 6.45) is -0.0537. The monoisotopic (exact) mass is 302 g/mol. The fourth-order valence-corrected chi connectivity index (χ4v) is 2.12. The van der Waals surface area contributed by atoms with Crippen molar-refractivity contribution in [2.24, 2.45) is 0 Å². The van der Waals surface area contributed by atoms with Crippen molar-refractivity contribution in [1.82, 2.24) is 4.98 Å². The van der Waals surface area contributed by atoms with E-state index in [2.05, 4.69) is 20.9 Å². The van der Waals surface area contributed by atoms with Crippen molar-refractivity contribution >= 4 is 44.9 Å². The van der Waals surface area contributed by atoms with E-state index >= 15 is 0 Å². The van der Waals surface area contributed by atoms with E-state index in [0.29, 0.717) is 5.69 Å². The van der Waals surface area contributed by atoms with Crippen LogP contribution in [-0.2, 0) is 9.59 Å². The van der Waals surface area contributed by atoms with Crippen LogP contribution in [0.5, 0.6) is 0 Å². The molecule has 1 aliphatic rings. The Hall–Kier alpha value is -0.940. The summed E-state index contributed by atoms with van der Waals surface area (Å²) >= 11 is 9.28. The van der Waals surface area contributed by atoms with Crippen molar-refractivity contribution < 1.29 is 9.59 Å². The minimum atomic E-state index is -0.232. The van der Waals surface area contributed by atoms with Crippen LogP contribution >= 0.6 is 27.5 Å². The second kappa shape index (κ2) is 4.14. The van der Waals surface area contributed by atoms with Crippen LogP contribution in [0.25, 0.3) is 0 Å². The lowest BCUT2D eigenvalue weighted by Crippen LogP contribution is -2.25.